The van der Waals surface area contributed by atoms with Crippen LogP contribution in [0.2, 0.25) is 0 Å². The van der Waals surface area contributed by atoms with Gasteiger partial charge in [-0.15, -0.1) is 11.3 Å². The fourth-order valence-corrected chi connectivity index (χ4v) is 6.75. The minimum Gasteiger partial charge on any atom is -0.358 e. The molecule has 3 aromatic heterocycles. The monoisotopic (exact) mass is 548 g/mol. The largest absolute Gasteiger partial charge is 0.358 e. The number of pyridine rings is 1. The summed E-state index contributed by atoms with van der Waals surface area (Å²) in [6, 6.07) is 7.48. The zero-order valence-corrected chi connectivity index (χ0v) is 22.9. The van der Waals surface area contributed by atoms with Crippen LogP contribution >= 0.6 is 11.3 Å². The molecule has 2 saturated heterocycles. The molecule has 0 radical (unpaired) electrons. The Bertz CT molecular complexity index is 1590. The number of amides is 2. The van der Waals surface area contributed by atoms with E-state index in [2.05, 4.69) is 52.4 Å². The molecule has 0 saturated carbocycles. The van der Waals surface area contributed by atoms with Gasteiger partial charge in [-0.1, -0.05) is 19.9 Å². The van der Waals surface area contributed by atoms with Crippen molar-refractivity contribution in [3.63, 3.8) is 0 Å². The predicted molar refractivity (Wildman–Crippen MR) is 150 cm³/mol. The van der Waals surface area contributed by atoms with Crippen molar-refractivity contribution in [2.24, 2.45) is 5.92 Å². The van der Waals surface area contributed by atoms with E-state index in [1.165, 1.54) is 38.2 Å². The Kier molecular flexibility index (Phi) is 6.94. The van der Waals surface area contributed by atoms with Crippen molar-refractivity contribution in [2.75, 3.05) is 31.5 Å². The van der Waals surface area contributed by atoms with E-state index in [0.717, 1.165) is 40.2 Å². The van der Waals surface area contributed by atoms with Crippen molar-refractivity contribution < 1.29 is 14.1 Å². The molecule has 2 amide bonds. The molecule has 2 fully saturated rings. The smallest absolute Gasteiger partial charge is 0.313 e. The van der Waals surface area contributed by atoms with Crippen LogP contribution in [0, 0.1) is 5.92 Å². The number of hydrogen-bond acceptors (Lipinski definition) is 8. The third-order valence-corrected chi connectivity index (χ3v) is 9.10. The number of likely N-dealkylation sites (tertiary alicyclic amines) is 2. The number of nitrogens with one attached hydrogen (secondary N) is 2. The molecule has 39 heavy (non-hydrogen) atoms. The first-order chi connectivity index (χ1) is 18.9. The molecule has 204 valence electrons. The molecule has 0 bridgehead atoms. The minimum atomic E-state index is -0.761. The van der Waals surface area contributed by atoms with Gasteiger partial charge in [-0.2, -0.15) is 5.16 Å². The van der Waals surface area contributed by atoms with Crippen LogP contribution in [0.15, 0.2) is 39.8 Å². The number of rotatable bonds is 5. The van der Waals surface area contributed by atoms with Crippen molar-refractivity contribution in [3.05, 3.63) is 51.4 Å². The number of benzene rings is 1. The molecule has 2 aliphatic rings. The number of carbonyl (C=O) groups is 2. The second-order valence-electron chi connectivity index (χ2n) is 10.9. The van der Waals surface area contributed by atoms with Crippen molar-refractivity contribution in [1.29, 1.82) is 0 Å². The van der Waals surface area contributed by atoms with Gasteiger partial charge in [-0.05, 0) is 68.5 Å². The molecule has 10 nitrogen and oxygen atoms in total. The molecule has 11 heteroatoms. The Labute approximate surface area is 229 Å². The molecular weight excluding hydrogens is 516 g/mol. The maximum absolute atomic E-state index is 13.4. The first-order valence-electron chi connectivity index (χ1n) is 13.6. The summed E-state index contributed by atoms with van der Waals surface area (Å²) in [5, 5.41) is 6.16. The topological polar surface area (TPSA) is 124 Å². The van der Waals surface area contributed by atoms with Gasteiger partial charge in [0.15, 0.2) is 0 Å². The van der Waals surface area contributed by atoms with Gasteiger partial charge in [0.25, 0.3) is 11.3 Å². The Morgan fingerprint density at radius 1 is 1.23 bits per heavy atom. The number of H-pyrrole nitrogens is 1. The lowest BCUT2D eigenvalue weighted by Gasteiger charge is -2.38. The number of fused-ring (bicyclic) bond motifs is 2. The predicted octanol–water partition coefficient (Wildman–Crippen LogP) is 4.26. The number of hydrogen-bond donors (Lipinski definition) is 2. The summed E-state index contributed by atoms with van der Waals surface area (Å²) >= 11 is 1.74. The Hall–Kier alpha value is -3.57. The second kappa shape index (κ2) is 10.5. The highest BCUT2D eigenvalue weighted by atomic mass is 32.1. The molecule has 4 aromatic rings. The number of anilines is 1. The Morgan fingerprint density at radius 2 is 2.05 bits per heavy atom. The van der Waals surface area contributed by atoms with E-state index in [1.807, 2.05) is 0 Å². The van der Waals surface area contributed by atoms with Crippen molar-refractivity contribution >= 4 is 50.2 Å². The van der Waals surface area contributed by atoms with Crippen molar-refractivity contribution in [1.82, 2.24) is 24.9 Å². The summed E-state index contributed by atoms with van der Waals surface area (Å²) in [6.07, 6.45) is 5.65. The van der Waals surface area contributed by atoms with E-state index >= 15 is 0 Å². The molecule has 0 unspecified atom stereocenters. The number of thiazole rings is 1. The van der Waals surface area contributed by atoms with Crippen molar-refractivity contribution in [2.45, 2.75) is 51.5 Å². The highest BCUT2D eigenvalue weighted by Crippen LogP contribution is 2.36. The van der Waals surface area contributed by atoms with Crippen LogP contribution in [0.25, 0.3) is 21.3 Å². The van der Waals surface area contributed by atoms with Crippen LogP contribution in [0.1, 0.15) is 62.1 Å². The van der Waals surface area contributed by atoms with E-state index in [-0.39, 0.29) is 28.7 Å². The lowest BCUT2D eigenvalue weighted by Crippen LogP contribution is -2.46. The normalized spacial score (nSPS) is 21.0. The van der Waals surface area contributed by atoms with Gasteiger partial charge in [-0.3, -0.25) is 14.4 Å². The minimum absolute atomic E-state index is 0.139. The quantitative estimate of drug-likeness (QED) is 0.357. The fourth-order valence-electron chi connectivity index (χ4n) is 5.76. The van der Waals surface area contributed by atoms with Crippen LogP contribution < -0.4 is 10.9 Å². The SMILES string of the molecule is C[C@H]1CC[C@H](c2ccc3sc([C@H](C)CN4CCCC4)nc3c2)N(C(=O)C(=O)Nc2cnc3o[nH]c(=O)c3c2)C1. The zero-order valence-electron chi connectivity index (χ0n) is 22.1. The summed E-state index contributed by atoms with van der Waals surface area (Å²) in [5.74, 6) is -0.719. The summed E-state index contributed by atoms with van der Waals surface area (Å²) in [7, 11) is 0. The van der Waals surface area contributed by atoms with E-state index < -0.39 is 17.4 Å². The standard InChI is InChI=1S/C28H32N6O4S/c1-16-5-7-22(18-6-8-23-21(11-18)31-27(39-23)17(2)15-33-9-3-4-10-33)34(14-16)28(37)25(36)30-19-12-20-24(35)32-38-26(20)29-13-19/h6,8,11-13,16-17,22H,3-5,7,9-10,14-15H2,1-2H3,(H,30,36)(H,32,35)/t16-,17+,22+/m0/s1. The van der Waals surface area contributed by atoms with Crippen LogP contribution in [0.3, 0.4) is 0 Å². The van der Waals surface area contributed by atoms with E-state index in [9.17, 15) is 14.4 Å². The number of carbonyl (C=O) groups excluding carboxylic acids is 2. The number of nitrogens with zero attached hydrogens (tertiary/aromatic N) is 4. The Balaban J connectivity index is 1.21. The van der Waals surface area contributed by atoms with Gasteiger partial charge >= 0.3 is 11.8 Å². The van der Waals surface area contributed by atoms with Crippen LogP contribution in [-0.4, -0.2) is 62.9 Å². The van der Waals surface area contributed by atoms with Gasteiger partial charge in [-0.25, -0.2) is 9.97 Å². The average molecular weight is 549 g/mol. The molecule has 3 atom stereocenters. The summed E-state index contributed by atoms with van der Waals surface area (Å²) < 4.78 is 6.10. The van der Waals surface area contributed by atoms with Crippen molar-refractivity contribution in [3.8, 4) is 0 Å². The number of aromatic amines is 1. The van der Waals surface area contributed by atoms with Crippen LogP contribution in [-0.2, 0) is 9.59 Å². The molecular formula is C28H32N6O4S. The lowest BCUT2D eigenvalue weighted by atomic mass is 9.89. The van der Waals surface area contributed by atoms with E-state index in [1.54, 1.807) is 16.2 Å². The Morgan fingerprint density at radius 3 is 2.87 bits per heavy atom. The molecule has 5 heterocycles. The van der Waals surface area contributed by atoms with Gasteiger partial charge < -0.3 is 19.6 Å². The number of piperidine rings is 1. The molecule has 2 aliphatic heterocycles. The summed E-state index contributed by atoms with van der Waals surface area (Å²) in [6.45, 7) is 8.20. The third kappa shape index (κ3) is 5.20. The van der Waals surface area contributed by atoms with Gasteiger partial charge in [0.05, 0.1) is 33.2 Å². The second-order valence-corrected chi connectivity index (χ2v) is 12.0. The summed E-state index contributed by atoms with van der Waals surface area (Å²) in [5.41, 5.74) is 1.89. The van der Waals surface area contributed by atoms with Crippen LogP contribution in [0.4, 0.5) is 5.69 Å². The first kappa shape index (κ1) is 25.7. The highest BCUT2D eigenvalue weighted by molar-refractivity contribution is 7.18. The zero-order chi connectivity index (χ0) is 27.1. The molecule has 2 N–H and O–H groups in total. The molecule has 6 rings (SSSR count). The van der Waals surface area contributed by atoms with Gasteiger partial charge in [0.2, 0.25) is 0 Å². The summed E-state index contributed by atoms with van der Waals surface area (Å²) in [4.78, 5) is 51.5. The molecule has 1 aromatic carbocycles. The van der Waals surface area contributed by atoms with E-state index in [4.69, 9.17) is 9.51 Å². The molecule has 0 aliphatic carbocycles. The first-order valence-corrected chi connectivity index (χ1v) is 14.4. The van der Waals surface area contributed by atoms with E-state index in [0.29, 0.717) is 12.5 Å². The fraction of sp³-hybridized carbons (Fsp3) is 0.464. The molecule has 0 spiro atoms. The average Bonchev–Trinajstić information content (AvgIpc) is 3.68. The third-order valence-electron chi connectivity index (χ3n) is 7.83. The number of aromatic nitrogens is 3. The lowest BCUT2D eigenvalue weighted by molar-refractivity contribution is -0.146. The maximum Gasteiger partial charge on any atom is 0.313 e. The maximum atomic E-state index is 13.4. The van der Waals surface area contributed by atoms with Crippen LogP contribution in [0.5, 0.6) is 0 Å². The van der Waals surface area contributed by atoms with Gasteiger partial charge in [0.1, 0.15) is 5.39 Å². The highest BCUT2D eigenvalue weighted by Gasteiger charge is 2.34. The van der Waals surface area contributed by atoms with Gasteiger partial charge in [0, 0.05) is 19.0 Å².